The van der Waals surface area contributed by atoms with Crippen LogP contribution in [-0.2, 0) is 11.8 Å². The molecule has 2 aliphatic heterocycles. The van der Waals surface area contributed by atoms with E-state index in [0.29, 0.717) is 17.7 Å². The Hall–Kier alpha value is -1.06. The highest BCUT2D eigenvalue weighted by Gasteiger charge is 2.45. The van der Waals surface area contributed by atoms with Gasteiger partial charge in [-0.05, 0) is 101 Å². The van der Waals surface area contributed by atoms with Gasteiger partial charge in [-0.3, -0.25) is 0 Å². The van der Waals surface area contributed by atoms with E-state index in [0.717, 1.165) is 13.0 Å². The first-order valence-electron chi connectivity index (χ1n) is 10.2. The summed E-state index contributed by atoms with van der Waals surface area (Å²) in [6, 6.07) is 6.66. The summed E-state index contributed by atoms with van der Waals surface area (Å²) in [5.74, 6) is 1.01. The van der Waals surface area contributed by atoms with E-state index in [9.17, 15) is 5.11 Å². The molecule has 1 unspecified atom stereocenters. The fourth-order valence-electron chi connectivity index (χ4n) is 5.22. The molecule has 0 aromatic heterocycles. The minimum atomic E-state index is 0.179. The van der Waals surface area contributed by atoms with Gasteiger partial charge >= 0.3 is 0 Å². The van der Waals surface area contributed by atoms with Crippen LogP contribution in [0.2, 0.25) is 0 Å². The molecule has 140 valence electrons. The molecule has 3 atom stereocenters. The lowest BCUT2D eigenvalue weighted by Gasteiger charge is -2.51. The minimum absolute atomic E-state index is 0.179. The van der Waals surface area contributed by atoms with Crippen molar-refractivity contribution < 1.29 is 5.11 Å². The number of hydrogen-bond donors (Lipinski definition) is 1. The van der Waals surface area contributed by atoms with Crippen molar-refractivity contribution in [1.29, 1.82) is 0 Å². The van der Waals surface area contributed by atoms with Gasteiger partial charge in [0.05, 0.1) is 0 Å². The van der Waals surface area contributed by atoms with E-state index in [-0.39, 0.29) is 5.41 Å². The van der Waals surface area contributed by atoms with Gasteiger partial charge in [0.25, 0.3) is 0 Å². The average Bonchev–Trinajstić information content (AvgIpc) is 3.13. The lowest BCUT2D eigenvalue weighted by molar-refractivity contribution is 0.0521. The smallest absolute Gasteiger partial charge is 0.115 e. The molecule has 1 N–H and O–H groups in total. The monoisotopic (exact) mass is 344 g/mol. The Morgan fingerprint density at radius 2 is 1.88 bits per heavy atom. The number of piperidine rings is 1. The Labute approximate surface area is 154 Å². The van der Waals surface area contributed by atoms with Crippen molar-refractivity contribution in [3.8, 4) is 5.75 Å². The van der Waals surface area contributed by atoms with E-state index in [4.69, 9.17) is 0 Å². The summed E-state index contributed by atoms with van der Waals surface area (Å²) in [6.07, 6.45) is 6.15. The molecule has 2 fully saturated rings. The van der Waals surface area contributed by atoms with Gasteiger partial charge in [-0.15, -0.1) is 0 Å². The number of nitrogens with zero attached hydrogens (tertiary/aromatic N) is 2. The van der Waals surface area contributed by atoms with Crippen molar-refractivity contribution >= 4 is 0 Å². The second-order valence-corrected chi connectivity index (χ2v) is 8.41. The van der Waals surface area contributed by atoms with Crippen molar-refractivity contribution in [3.05, 3.63) is 29.3 Å². The molecule has 3 rings (SSSR count). The Morgan fingerprint density at radius 3 is 2.56 bits per heavy atom. The van der Waals surface area contributed by atoms with E-state index in [1.54, 1.807) is 0 Å². The zero-order valence-electron chi connectivity index (χ0n) is 16.6. The van der Waals surface area contributed by atoms with Crippen LogP contribution in [0.15, 0.2) is 18.2 Å². The topological polar surface area (TPSA) is 26.7 Å². The second-order valence-electron chi connectivity index (χ2n) is 8.41. The molecule has 25 heavy (non-hydrogen) atoms. The quantitative estimate of drug-likeness (QED) is 0.873. The standard InChI is InChI=1S/C22H36N2O/c1-5-19-8-9-20(25)16-21(19)22(11-15-24-12-6-7-13-24)10-14-23(4)18(3)17(22)2/h8-9,16-18,25H,5-7,10-15H2,1-4H3/t17-,18?,22+/m0/s1. The Morgan fingerprint density at radius 1 is 1.16 bits per heavy atom. The lowest BCUT2D eigenvalue weighted by Crippen LogP contribution is -2.54. The first-order valence-corrected chi connectivity index (χ1v) is 10.2. The summed E-state index contributed by atoms with van der Waals surface area (Å²) in [7, 11) is 2.26. The van der Waals surface area contributed by atoms with Crippen molar-refractivity contribution in [1.82, 2.24) is 9.80 Å². The van der Waals surface area contributed by atoms with Crippen LogP contribution in [0.25, 0.3) is 0 Å². The number of phenols is 1. The van der Waals surface area contributed by atoms with Gasteiger partial charge in [0.15, 0.2) is 0 Å². The average molecular weight is 345 g/mol. The number of rotatable bonds is 5. The van der Waals surface area contributed by atoms with Crippen molar-refractivity contribution in [2.45, 2.75) is 64.3 Å². The molecule has 0 saturated carbocycles. The highest BCUT2D eigenvalue weighted by molar-refractivity contribution is 5.41. The van der Waals surface area contributed by atoms with Crippen molar-refractivity contribution in [2.75, 3.05) is 33.2 Å². The van der Waals surface area contributed by atoms with Crippen LogP contribution >= 0.6 is 0 Å². The third-order valence-corrected chi connectivity index (χ3v) is 7.28. The molecule has 0 radical (unpaired) electrons. The maximum absolute atomic E-state index is 10.2. The number of likely N-dealkylation sites (tertiary alicyclic amines) is 2. The molecule has 0 bridgehead atoms. The van der Waals surface area contributed by atoms with Crippen molar-refractivity contribution in [3.63, 3.8) is 0 Å². The number of benzene rings is 1. The van der Waals surface area contributed by atoms with Gasteiger partial charge in [-0.1, -0.05) is 19.9 Å². The molecule has 3 heteroatoms. The van der Waals surface area contributed by atoms with Gasteiger partial charge in [0.2, 0.25) is 0 Å². The summed E-state index contributed by atoms with van der Waals surface area (Å²) < 4.78 is 0. The molecule has 0 amide bonds. The Kier molecular flexibility index (Phi) is 5.75. The maximum atomic E-state index is 10.2. The van der Waals surface area contributed by atoms with Gasteiger partial charge in [0, 0.05) is 11.5 Å². The van der Waals surface area contributed by atoms with Crippen LogP contribution in [0.4, 0.5) is 0 Å². The molecule has 2 saturated heterocycles. The minimum Gasteiger partial charge on any atom is -0.508 e. The van der Waals surface area contributed by atoms with Gasteiger partial charge < -0.3 is 14.9 Å². The van der Waals surface area contributed by atoms with E-state index in [2.05, 4.69) is 49.8 Å². The summed E-state index contributed by atoms with van der Waals surface area (Å²) in [5.41, 5.74) is 3.02. The molecule has 2 heterocycles. The van der Waals surface area contributed by atoms with E-state index >= 15 is 0 Å². The SMILES string of the molecule is CCc1ccc(O)cc1[C@@]1(CCN2CCCC2)CCN(C)C(C)[C@@H]1C. The van der Waals surface area contributed by atoms with Crippen molar-refractivity contribution in [2.24, 2.45) is 5.92 Å². The van der Waals surface area contributed by atoms with Crippen LogP contribution in [0, 0.1) is 5.92 Å². The van der Waals surface area contributed by atoms with Gasteiger partial charge in [0.1, 0.15) is 5.75 Å². The maximum Gasteiger partial charge on any atom is 0.115 e. The molecule has 1 aromatic rings. The number of aromatic hydroxyl groups is 1. The molecule has 2 aliphatic rings. The Bertz CT molecular complexity index is 581. The molecule has 3 nitrogen and oxygen atoms in total. The first-order chi connectivity index (χ1) is 12.0. The van der Waals surface area contributed by atoms with Crippen LogP contribution in [0.3, 0.4) is 0 Å². The summed E-state index contributed by atoms with van der Waals surface area (Å²) in [6.45, 7) is 11.9. The number of phenolic OH excluding ortho intramolecular Hbond substituents is 1. The molecule has 0 spiro atoms. The summed E-state index contributed by atoms with van der Waals surface area (Å²) >= 11 is 0. The van der Waals surface area contributed by atoms with Crippen LogP contribution in [0.5, 0.6) is 5.75 Å². The largest absolute Gasteiger partial charge is 0.508 e. The normalized spacial score (nSPS) is 31.5. The predicted molar refractivity (Wildman–Crippen MR) is 105 cm³/mol. The number of aryl methyl sites for hydroxylation is 1. The Balaban J connectivity index is 1.98. The first kappa shape index (κ1) is 18.7. The lowest BCUT2D eigenvalue weighted by atomic mass is 9.61. The van der Waals surface area contributed by atoms with Gasteiger partial charge in [-0.2, -0.15) is 0 Å². The van der Waals surface area contributed by atoms with Crippen LogP contribution in [-0.4, -0.2) is 54.2 Å². The van der Waals surface area contributed by atoms with E-state index in [1.807, 2.05) is 6.07 Å². The molecular formula is C22H36N2O. The molecule has 0 aliphatic carbocycles. The zero-order chi connectivity index (χ0) is 18.0. The third kappa shape index (κ3) is 3.59. The van der Waals surface area contributed by atoms with E-state index in [1.165, 1.54) is 56.4 Å². The predicted octanol–water partition coefficient (Wildman–Crippen LogP) is 4.04. The fourth-order valence-corrected chi connectivity index (χ4v) is 5.22. The van der Waals surface area contributed by atoms with Gasteiger partial charge in [-0.25, -0.2) is 0 Å². The zero-order valence-corrected chi connectivity index (χ0v) is 16.6. The fraction of sp³-hybridized carbons (Fsp3) is 0.727. The van der Waals surface area contributed by atoms with E-state index < -0.39 is 0 Å². The number of hydrogen-bond acceptors (Lipinski definition) is 3. The van der Waals surface area contributed by atoms with Crippen LogP contribution in [0.1, 0.15) is 57.6 Å². The summed E-state index contributed by atoms with van der Waals surface area (Å²) in [5, 5.41) is 10.2. The molecule has 1 aromatic carbocycles. The summed E-state index contributed by atoms with van der Waals surface area (Å²) in [4.78, 5) is 5.15. The second kappa shape index (κ2) is 7.67. The molecular weight excluding hydrogens is 308 g/mol. The third-order valence-electron chi connectivity index (χ3n) is 7.28. The highest BCUT2D eigenvalue weighted by Crippen LogP contribution is 2.47. The highest BCUT2D eigenvalue weighted by atomic mass is 16.3. The van der Waals surface area contributed by atoms with Crippen LogP contribution < -0.4 is 0 Å².